The third kappa shape index (κ3) is 8.51. The molecule has 0 atom stereocenters. The van der Waals surface area contributed by atoms with Crippen molar-refractivity contribution in [3.63, 3.8) is 0 Å². The number of fused-ring (bicyclic) bond motifs is 27. The van der Waals surface area contributed by atoms with Crippen LogP contribution in [0.25, 0.3) is 161 Å². The highest BCUT2D eigenvalue weighted by Crippen LogP contribution is 2.65. The molecular formula is C104H62N4OS. The second-order valence-corrected chi connectivity index (χ2v) is 30.4. The summed E-state index contributed by atoms with van der Waals surface area (Å²) in [5.74, 6) is 0. The average Bonchev–Trinajstić information content (AvgIpc) is 1.51. The number of aromatic nitrogens is 3. The van der Waals surface area contributed by atoms with Crippen molar-refractivity contribution < 1.29 is 4.42 Å². The molecule has 0 amide bonds. The van der Waals surface area contributed by atoms with E-state index < -0.39 is 10.8 Å². The third-order valence-electron chi connectivity index (χ3n) is 24.6. The summed E-state index contributed by atoms with van der Waals surface area (Å²) in [6.45, 7) is 0. The van der Waals surface area contributed by atoms with Crippen molar-refractivity contribution in [2.75, 3.05) is 4.90 Å². The Bertz CT molecular complexity index is 6900. The van der Waals surface area contributed by atoms with Crippen LogP contribution >= 0.6 is 11.7 Å². The van der Waals surface area contributed by atoms with Crippen LogP contribution in [-0.4, -0.2) is 13.3 Å². The minimum atomic E-state index is -0.461. The molecule has 3 heterocycles. The van der Waals surface area contributed by atoms with Gasteiger partial charge in [-0.25, -0.2) is 0 Å². The predicted octanol–water partition coefficient (Wildman–Crippen LogP) is 27.2. The summed E-state index contributed by atoms with van der Waals surface area (Å²) in [4.78, 5) is 2.32. The monoisotopic (exact) mass is 1410 g/mol. The van der Waals surface area contributed by atoms with Gasteiger partial charge in [0.1, 0.15) is 22.2 Å². The molecule has 2 spiro atoms. The summed E-state index contributed by atoms with van der Waals surface area (Å²) in [6.07, 6.45) is 0. The summed E-state index contributed by atoms with van der Waals surface area (Å²) in [5.41, 5.74) is 41.3. The van der Waals surface area contributed by atoms with E-state index in [-0.39, 0.29) is 0 Å². The van der Waals surface area contributed by atoms with Crippen LogP contribution in [0, 0.1) is 0 Å². The molecule has 110 heavy (non-hydrogen) atoms. The Morgan fingerprint density at radius 3 is 1.11 bits per heavy atom. The Morgan fingerprint density at radius 2 is 0.600 bits per heavy atom. The van der Waals surface area contributed by atoms with Crippen LogP contribution in [0.15, 0.2) is 381 Å². The number of nitrogens with zero attached hydrogens (tertiary/aromatic N) is 4. The van der Waals surface area contributed by atoms with E-state index >= 15 is 0 Å². The highest BCUT2D eigenvalue weighted by molar-refractivity contribution is 7.00. The van der Waals surface area contributed by atoms with Gasteiger partial charge in [0, 0.05) is 44.2 Å². The Balaban J connectivity index is 0.643. The normalized spacial score (nSPS) is 13.4. The van der Waals surface area contributed by atoms with E-state index in [1.165, 1.54) is 139 Å². The van der Waals surface area contributed by atoms with Crippen molar-refractivity contribution in [2.45, 2.75) is 10.8 Å². The molecule has 6 heteroatoms. The molecule has 4 aliphatic rings. The molecule has 510 valence electrons. The molecule has 0 saturated heterocycles. The molecule has 0 fully saturated rings. The van der Waals surface area contributed by atoms with E-state index in [9.17, 15) is 0 Å². The first-order chi connectivity index (χ1) is 54.5. The van der Waals surface area contributed by atoms with Gasteiger partial charge in [0.2, 0.25) is 0 Å². The van der Waals surface area contributed by atoms with Crippen LogP contribution in [0.2, 0.25) is 0 Å². The van der Waals surface area contributed by atoms with Gasteiger partial charge < -0.3 is 13.9 Å². The van der Waals surface area contributed by atoms with Crippen molar-refractivity contribution in [3.05, 3.63) is 421 Å². The summed E-state index contributed by atoms with van der Waals surface area (Å²) < 4.78 is 19.0. The van der Waals surface area contributed by atoms with Gasteiger partial charge >= 0.3 is 0 Å². The van der Waals surface area contributed by atoms with Crippen molar-refractivity contribution in [2.24, 2.45) is 0 Å². The number of benzene rings is 17. The Kier molecular flexibility index (Phi) is 12.9. The fourth-order valence-electron chi connectivity index (χ4n) is 19.8. The molecule has 0 unspecified atom stereocenters. The molecule has 0 N–H and O–H groups in total. The van der Waals surface area contributed by atoms with Gasteiger partial charge in [0.25, 0.3) is 0 Å². The number of anilines is 3. The molecule has 0 aliphatic heterocycles. The zero-order chi connectivity index (χ0) is 71.9. The predicted molar refractivity (Wildman–Crippen MR) is 453 cm³/mol. The summed E-state index contributed by atoms with van der Waals surface area (Å²) in [5, 5.41) is 4.59. The number of hydrogen-bond acceptors (Lipinski definition) is 5. The topological polar surface area (TPSA) is 47.1 Å². The van der Waals surface area contributed by atoms with Crippen LogP contribution < -0.4 is 4.90 Å². The van der Waals surface area contributed by atoms with Crippen LogP contribution in [-0.2, 0) is 10.8 Å². The van der Waals surface area contributed by atoms with Gasteiger partial charge in [-0.2, -0.15) is 8.75 Å². The van der Waals surface area contributed by atoms with E-state index in [1.54, 1.807) is 0 Å². The molecule has 24 rings (SSSR count). The molecule has 17 aromatic carbocycles. The van der Waals surface area contributed by atoms with Crippen molar-refractivity contribution >= 4 is 83.6 Å². The van der Waals surface area contributed by atoms with Gasteiger partial charge in [-0.05, 0) is 242 Å². The number of rotatable bonds is 9. The number of para-hydroxylation sites is 1. The van der Waals surface area contributed by atoms with Crippen LogP contribution in [0.3, 0.4) is 0 Å². The molecule has 0 saturated carbocycles. The molecular weight excluding hydrogens is 1350 g/mol. The van der Waals surface area contributed by atoms with E-state index in [1.807, 2.05) is 12.1 Å². The minimum Gasteiger partial charge on any atom is -0.456 e. The largest absolute Gasteiger partial charge is 0.456 e. The first-order valence-corrected chi connectivity index (χ1v) is 38.6. The molecule has 5 nitrogen and oxygen atoms in total. The highest BCUT2D eigenvalue weighted by Gasteiger charge is 2.53. The average molecular weight is 1420 g/mol. The first-order valence-electron chi connectivity index (χ1n) is 37.8. The van der Waals surface area contributed by atoms with Crippen molar-refractivity contribution in [1.82, 2.24) is 13.3 Å². The molecule has 3 aromatic heterocycles. The van der Waals surface area contributed by atoms with E-state index in [0.717, 1.165) is 94.6 Å². The van der Waals surface area contributed by atoms with Crippen molar-refractivity contribution in [1.29, 1.82) is 0 Å². The second-order valence-electron chi connectivity index (χ2n) is 29.8. The van der Waals surface area contributed by atoms with Gasteiger partial charge in [0.05, 0.1) is 39.3 Å². The molecule has 0 bridgehead atoms. The molecule has 4 aliphatic carbocycles. The highest BCUT2D eigenvalue weighted by atomic mass is 32.1. The first kappa shape index (κ1) is 61.1. The Labute approximate surface area is 639 Å². The molecule has 0 radical (unpaired) electrons. The Morgan fingerprint density at radius 1 is 0.245 bits per heavy atom. The number of hydrogen-bond donors (Lipinski definition) is 0. The maximum absolute atomic E-state index is 6.23. The smallest absolute Gasteiger partial charge is 0.135 e. The quantitative estimate of drug-likeness (QED) is 0.144. The lowest BCUT2D eigenvalue weighted by molar-refractivity contribution is 0.669. The summed E-state index contributed by atoms with van der Waals surface area (Å²) in [6, 6.07) is 140. The van der Waals surface area contributed by atoms with E-state index in [2.05, 4.69) is 373 Å². The van der Waals surface area contributed by atoms with Crippen LogP contribution in [0.4, 0.5) is 17.1 Å². The summed E-state index contributed by atoms with van der Waals surface area (Å²) in [7, 11) is 0. The van der Waals surface area contributed by atoms with Gasteiger partial charge in [0.15, 0.2) is 0 Å². The zero-order valence-corrected chi connectivity index (χ0v) is 60.2. The van der Waals surface area contributed by atoms with Gasteiger partial charge in [-0.15, -0.1) is 0 Å². The molecule has 20 aromatic rings. The summed E-state index contributed by atoms with van der Waals surface area (Å²) >= 11 is 1.25. The maximum Gasteiger partial charge on any atom is 0.135 e. The van der Waals surface area contributed by atoms with E-state index in [0.29, 0.717) is 0 Å². The zero-order valence-electron chi connectivity index (χ0n) is 59.4. The van der Waals surface area contributed by atoms with Crippen LogP contribution in [0.1, 0.15) is 44.5 Å². The number of furan rings is 1. The minimum absolute atomic E-state index is 0.461. The fraction of sp³-hybridized carbons (Fsp3) is 0.0192. The maximum atomic E-state index is 6.23. The SMILES string of the molecule is c1ccc(-c2ccc(N(c3ccc(-c4ccc5oc6ccccc6c5c4)cc3)c3ccc(-c4ccc(-n5c6ccc(-c7ccc8c(c7)C7(c9ccccc9-c9ccccc97)c7ccccc7-8)cc6c6cc(-c7ccc8c(c7)C7(c9ccccc9-c9ccccc97)c7ccccc7-8)ccc65)cc4)c4nsnc34)cc2)cc1. The lowest BCUT2D eigenvalue weighted by Crippen LogP contribution is -2.25. The lowest BCUT2D eigenvalue weighted by Gasteiger charge is -2.30. The van der Waals surface area contributed by atoms with E-state index in [4.69, 9.17) is 13.2 Å². The second kappa shape index (κ2) is 23.2. The Hall–Kier alpha value is -14.0. The lowest BCUT2D eigenvalue weighted by atomic mass is 9.70. The van der Waals surface area contributed by atoms with Crippen LogP contribution in [0.5, 0.6) is 0 Å². The third-order valence-corrected chi connectivity index (χ3v) is 25.1. The van der Waals surface area contributed by atoms with Gasteiger partial charge in [-0.1, -0.05) is 273 Å². The van der Waals surface area contributed by atoms with Gasteiger partial charge in [-0.3, -0.25) is 0 Å². The fourth-order valence-corrected chi connectivity index (χ4v) is 20.4. The van der Waals surface area contributed by atoms with Crippen molar-refractivity contribution in [3.8, 4) is 106 Å². The standard InChI is InChI=1S/C104H62N4OS/c1-2-18-63(19-3-1)64-34-45-72(46-35-64)107(73-47-36-65(37-48-73)67-44-57-100-87(60-67)84-26-10-17-33-99(84)109-100)98-56-53-75(101-102(98)106-110-105-101)66-38-49-74(50-39-66)108-96-54-42-68(70-40-51-82-80-24-8-15-31-92(80)103(94(82)61-70)88-27-11-4-20-76(88)77-21-5-12-28-89(77)103)58-85(96)86-59-69(43-55-97(86)108)71-41-52-83-81-25-9-16-32-93(81)104(95(83)62-71)90-29-13-6-22-78(90)79-23-7-14-30-91(79)104/h1-62H.